The van der Waals surface area contributed by atoms with Gasteiger partial charge in [-0.2, -0.15) is 0 Å². The van der Waals surface area contributed by atoms with E-state index in [2.05, 4.69) is 30.6 Å². The molecular formula is C21H18F2. The van der Waals surface area contributed by atoms with Gasteiger partial charge in [-0.25, -0.2) is 8.78 Å². The van der Waals surface area contributed by atoms with Crippen molar-refractivity contribution in [3.63, 3.8) is 0 Å². The minimum Gasteiger partial charge on any atom is -0.206 e. The van der Waals surface area contributed by atoms with Crippen LogP contribution in [-0.4, -0.2) is 0 Å². The van der Waals surface area contributed by atoms with Crippen LogP contribution in [0.1, 0.15) is 48.9 Å². The van der Waals surface area contributed by atoms with Gasteiger partial charge in [-0.05, 0) is 49.6 Å². The van der Waals surface area contributed by atoms with Crippen LogP contribution in [0.5, 0.6) is 0 Å². The standard InChI is InChI=1S/C21H18F2/c1-3-5-7-16-8-10-17(11-9-16)12-13-19-15-20(22)18(6-4-2)14-21(19)23/h8-11,14-15H,3,5,7H2,1-2H3. The molecule has 23 heavy (non-hydrogen) atoms. The van der Waals surface area contributed by atoms with Gasteiger partial charge in [0.05, 0.1) is 11.1 Å². The van der Waals surface area contributed by atoms with Gasteiger partial charge in [0.2, 0.25) is 0 Å². The summed E-state index contributed by atoms with van der Waals surface area (Å²) in [4.78, 5) is 0. The Morgan fingerprint density at radius 3 is 2.04 bits per heavy atom. The summed E-state index contributed by atoms with van der Waals surface area (Å²) in [5, 5.41) is 0. The van der Waals surface area contributed by atoms with E-state index in [0.29, 0.717) is 0 Å². The first-order valence-corrected chi connectivity index (χ1v) is 7.66. The molecule has 0 unspecified atom stereocenters. The monoisotopic (exact) mass is 308 g/mol. The van der Waals surface area contributed by atoms with Crippen molar-refractivity contribution in [1.29, 1.82) is 0 Å². The van der Waals surface area contributed by atoms with Crippen LogP contribution in [0.15, 0.2) is 36.4 Å². The minimum atomic E-state index is -0.559. The van der Waals surface area contributed by atoms with Gasteiger partial charge in [0.1, 0.15) is 11.6 Å². The Bertz CT molecular complexity index is 794. The number of hydrogen-bond donors (Lipinski definition) is 0. The van der Waals surface area contributed by atoms with Crippen molar-refractivity contribution < 1.29 is 8.78 Å². The van der Waals surface area contributed by atoms with E-state index in [9.17, 15) is 8.78 Å². The van der Waals surface area contributed by atoms with E-state index in [1.165, 1.54) is 5.56 Å². The van der Waals surface area contributed by atoms with Gasteiger partial charge < -0.3 is 0 Å². The maximum Gasteiger partial charge on any atom is 0.140 e. The molecule has 0 spiro atoms. The van der Waals surface area contributed by atoms with Crippen molar-refractivity contribution in [3.8, 4) is 23.7 Å². The molecule has 0 nitrogen and oxygen atoms in total. The van der Waals surface area contributed by atoms with Crippen molar-refractivity contribution in [2.75, 3.05) is 0 Å². The number of rotatable bonds is 3. The highest BCUT2D eigenvalue weighted by Crippen LogP contribution is 2.14. The minimum absolute atomic E-state index is 0.0409. The van der Waals surface area contributed by atoms with E-state index in [1.54, 1.807) is 6.92 Å². The van der Waals surface area contributed by atoms with Crippen LogP contribution in [0.25, 0.3) is 0 Å². The zero-order chi connectivity index (χ0) is 16.7. The maximum absolute atomic E-state index is 13.9. The summed E-state index contributed by atoms with van der Waals surface area (Å²) >= 11 is 0. The van der Waals surface area contributed by atoms with Crippen LogP contribution >= 0.6 is 0 Å². The molecule has 0 aromatic heterocycles. The number of hydrogen-bond acceptors (Lipinski definition) is 0. The molecule has 0 aliphatic rings. The van der Waals surface area contributed by atoms with Crippen LogP contribution in [0.2, 0.25) is 0 Å². The van der Waals surface area contributed by atoms with Crippen molar-refractivity contribution >= 4 is 0 Å². The highest BCUT2D eigenvalue weighted by atomic mass is 19.1. The van der Waals surface area contributed by atoms with Gasteiger partial charge in [0, 0.05) is 5.56 Å². The summed E-state index contributed by atoms with van der Waals surface area (Å²) in [6, 6.07) is 10.0. The number of unbranched alkanes of at least 4 members (excludes halogenated alkanes) is 1. The third-order valence-electron chi connectivity index (χ3n) is 3.43. The quantitative estimate of drug-likeness (QED) is 0.694. The summed E-state index contributed by atoms with van der Waals surface area (Å²) in [6.45, 7) is 3.74. The molecule has 2 aromatic rings. The molecule has 0 aliphatic heterocycles. The lowest BCUT2D eigenvalue weighted by Crippen LogP contribution is -1.91. The first kappa shape index (κ1) is 16.8. The normalized spacial score (nSPS) is 9.57. The molecule has 0 atom stereocenters. The van der Waals surface area contributed by atoms with Crippen LogP contribution in [0.3, 0.4) is 0 Å². The first-order chi connectivity index (χ1) is 11.1. The van der Waals surface area contributed by atoms with Gasteiger partial charge in [0.15, 0.2) is 0 Å². The van der Waals surface area contributed by atoms with Gasteiger partial charge in [0.25, 0.3) is 0 Å². The Morgan fingerprint density at radius 2 is 1.48 bits per heavy atom. The Balaban J connectivity index is 2.21. The molecule has 0 bridgehead atoms. The predicted molar refractivity (Wildman–Crippen MR) is 89.9 cm³/mol. The van der Waals surface area contributed by atoms with Crippen LogP contribution in [-0.2, 0) is 6.42 Å². The topological polar surface area (TPSA) is 0 Å². The van der Waals surface area contributed by atoms with Crippen LogP contribution in [0.4, 0.5) is 8.78 Å². The molecule has 0 saturated heterocycles. The smallest absolute Gasteiger partial charge is 0.140 e. The van der Waals surface area contributed by atoms with Crippen molar-refractivity contribution in [1.82, 2.24) is 0 Å². The molecule has 0 aliphatic carbocycles. The largest absolute Gasteiger partial charge is 0.206 e. The molecule has 2 aromatic carbocycles. The molecule has 116 valence electrons. The number of benzene rings is 2. The molecule has 0 radical (unpaired) electrons. The molecule has 0 N–H and O–H groups in total. The zero-order valence-corrected chi connectivity index (χ0v) is 13.3. The Morgan fingerprint density at radius 1 is 0.870 bits per heavy atom. The van der Waals surface area contributed by atoms with Gasteiger partial charge in [-0.1, -0.05) is 43.2 Å². The fourth-order valence-electron chi connectivity index (χ4n) is 2.15. The average Bonchev–Trinajstić information content (AvgIpc) is 2.56. The van der Waals surface area contributed by atoms with Gasteiger partial charge in [-0.15, -0.1) is 5.92 Å². The van der Waals surface area contributed by atoms with E-state index in [-0.39, 0.29) is 11.1 Å². The highest BCUT2D eigenvalue weighted by molar-refractivity contribution is 5.47. The lowest BCUT2D eigenvalue weighted by molar-refractivity contribution is 0.594. The van der Waals surface area contributed by atoms with E-state index in [0.717, 1.165) is 37.0 Å². The Labute approximate surface area is 136 Å². The molecule has 0 heterocycles. The third kappa shape index (κ3) is 4.70. The highest BCUT2D eigenvalue weighted by Gasteiger charge is 2.06. The van der Waals surface area contributed by atoms with E-state index in [1.807, 2.05) is 24.3 Å². The van der Waals surface area contributed by atoms with Crippen molar-refractivity contribution in [2.45, 2.75) is 33.1 Å². The van der Waals surface area contributed by atoms with Gasteiger partial charge >= 0.3 is 0 Å². The summed E-state index contributed by atoms with van der Waals surface area (Å²) in [5.41, 5.74) is 2.13. The zero-order valence-electron chi connectivity index (χ0n) is 13.3. The predicted octanol–water partition coefficient (Wildman–Crippen LogP) is 5.08. The van der Waals surface area contributed by atoms with Crippen molar-refractivity contribution in [2.24, 2.45) is 0 Å². The SMILES string of the molecule is CC#Cc1cc(F)c(C#Cc2ccc(CCCC)cc2)cc1F. The fraction of sp³-hybridized carbons (Fsp3) is 0.238. The Hall–Kier alpha value is -2.58. The van der Waals surface area contributed by atoms with E-state index >= 15 is 0 Å². The molecule has 0 fully saturated rings. The van der Waals surface area contributed by atoms with Crippen LogP contribution < -0.4 is 0 Å². The number of aryl methyl sites for hydroxylation is 1. The second-order valence-corrected chi connectivity index (χ2v) is 5.24. The summed E-state index contributed by atoms with van der Waals surface area (Å²) in [7, 11) is 0. The second kappa shape index (κ2) is 8.16. The summed E-state index contributed by atoms with van der Waals surface area (Å²) in [5.74, 6) is 9.53. The van der Waals surface area contributed by atoms with Crippen molar-refractivity contribution in [3.05, 3.63) is 70.3 Å². The molecule has 2 rings (SSSR count). The molecule has 0 saturated carbocycles. The van der Waals surface area contributed by atoms with Gasteiger partial charge in [-0.3, -0.25) is 0 Å². The lowest BCUT2D eigenvalue weighted by atomic mass is 10.1. The summed E-state index contributed by atoms with van der Waals surface area (Å²) < 4.78 is 27.7. The average molecular weight is 308 g/mol. The molecule has 0 amide bonds. The Kier molecular flexibility index (Phi) is 5.95. The molecular weight excluding hydrogens is 290 g/mol. The number of halogens is 2. The van der Waals surface area contributed by atoms with E-state index < -0.39 is 11.6 Å². The first-order valence-electron chi connectivity index (χ1n) is 7.66. The second-order valence-electron chi connectivity index (χ2n) is 5.24. The third-order valence-corrected chi connectivity index (χ3v) is 3.43. The fourth-order valence-corrected chi connectivity index (χ4v) is 2.15. The summed E-state index contributed by atoms with van der Waals surface area (Å²) in [6.07, 6.45) is 3.36. The van der Waals surface area contributed by atoms with E-state index in [4.69, 9.17) is 0 Å². The lowest BCUT2D eigenvalue weighted by Gasteiger charge is -2.00. The van der Waals surface area contributed by atoms with Crippen LogP contribution in [0, 0.1) is 35.3 Å². The maximum atomic E-state index is 13.9. The molecule has 2 heteroatoms.